The van der Waals surface area contributed by atoms with Crippen LogP contribution in [0.3, 0.4) is 0 Å². The first kappa shape index (κ1) is 7.21. The second kappa shape index (κ2) is 4.38. The summed E-state index contributed by atoms with van der Waals surface area (Å²) >= 11 is 0. The fraction of sp³-hybridized carbons (Fsp3) is 0.167. The third-order valence-electron chi connectivity index (χ3n) is 0.669. The van der Waals surface area contributed by atoms with E-state index in [1.807, 2.05) is 19.1 Å². The normalized spacial score (nSPS) is 12.2. The number of rotatable bonds is 2. The van der Waals surface area contributed by atoms with E-state index in [1.165, 1.54) is 0 Å². The Labute approximate surface area is 51.0 Å². The monoisotopic (exact) mass is 107 g/mol. The Hall–Kier alpha value is -0.785. The summed E-state index contributed by atoms with van der Waals surface area (Å²) < 4.78 is 0. The van der Waals surface area contributed by atoms with Crippen LogP contribution < -0.4 is 5.73 Å². The molecule has 0 spiro atoms. The van der Waals surface area contributed by atoms with Crippen molar-refractivity contribution < 1.29 is 0 Å². The Morgan fingerprint density at radius 2 is 2.25 bits per heavy atom. The molecule has 0 aromatic rings. The molecule has 0 atom stereocenters. The van der Waals surface area contributed by atoms with Crippen molar-refractivity contribution in [3.63, 3.8) is 0 Å². The van der Waals surface area contributed by atoms with Gasteiger partial charge in [-0.2, -0.15) is 0 Å². The maximum atomic E-state index is 5.40. The van der Waals surface area contributed by atoms with Crippen LogP contribution in [0.1, 0.15) is 6.92 Å². The Kier molecular flexibility index (Phi) is 3.95. The second-order valence-corrected chi connectivity index (χ2v) is 1.40. The van der Waals surface area contributed by atoms with Gasteiger partial charge in [0.15, 0.2) is 0 Å². The van der Waals surface area contributed by atoms with Crippen molar-refractivity contribution in [3.8, 4) is 0 Å². The third-order valence-corrected chi connectivity index (χ3v) is 0.669. The first-order valence-corrected chi connectivity index (χ1v) is 2.52. The van der Waals surface area contributed by atoms with Gasteiger partial charge in [-0.25, -0.2) is 0 Å². The molecule has 0 aliphatic heterocycles. The molecule has 0 fully saturated rings. The zero-order valence-corrected chi connectivity index (χ0v) is 5.09. The molecule has 0 unspecified atom stereocenters. The Bertz CT molecular complexity index is 124. The average Bonchev–Trinajstić information content (AvgIpc) is 1.68. The molecule has 0 aromatic heterocycles. The van der Waals surface area contributed by atoms with Crippen molar-refractivity contribution in [2.75, 3.05) is 0 Å². The summed E-state index contributed by atoms with van der Waals surface area (Å²) in [6.07, 6.45) is 5.46. The zero-order chi connectivity index (χ0) is 6.41. The molecule has 8 heavy (non-hydrogen) atoms. The van der Waals surface area contributed by atoms with E-state index in [1.54, 1.807) is 12.0 Å². The molecule has 42 valence electrons. The Balaban J connectivity index is 3.79. The summed E-state index contributed by atoms with van der Waals surface area (Å²) in [5.41, 5.74) is 6.14. The molecular weight excluding hydrogens is 96.9 g/mol. The number of hydrogen-bond donors (Lipinski definition) is 1. The van der Waals surface area contributed by atoms with E-state index in [9.17, 15) is 0 Å². The summed E-state index contributed by atoms with van der Waals surface area (Å²) in [6, 6.07) is 0. The van der Waals surface area contributed by atoms with E-state index in [2.05, 4.69) is 7.49 Å². The van der Waals surface area contributed by atoms with Crippen LogP contribution in [-0.2, 0) is 0 Å². The molecule has 0 bridgehead atoms. The Morgan fingerprint density at radius 3 is 2.62 bits per heavy atom. The van der Waals surface area contributed by atoms with Gasteiger partial charge >= 0.3 is 50.0 Å². The predicted octanol–water partition coefficient (Wildman–Crippen LogP) is 0.108. The van der Waals surface area contributed by atoms with Crippen molar-refractivity contribution in [1.29, 1.82) is 0 Å². The molecule has 0 aliphatic rings. The van der Waals surface area contributed by atoms with E-state index in [-0.39, 0.29) is 0 Å². The van der Waals surface area contributed by atoms with Crippen LogP contribution in [0.15, 0.2) is 23.9 Å². The van der Waals surface area contributed by atoms with E-state index < -0.39 is 0 Å². The molecule has 0 rings (SSSR count). The van der Waals surface area contributed by atoms with Crippen LogP contribution in [0, 0.1) is 0 Å². The molecule has 1 nitrogen and oxygen atoms in total. The van der Waals surface area contributed by atoms with Crippen LogP contribution in [0.5, 0.6) is 0 Å². The molecule has 2 heteroatoms. The van der Waals surface area contributed by atoms with E-state index in [0.717, 1.165) is 5.70 Å². The average molecular weight is 107 g/mol. The topological polar surface area (TPSA) is 26.0 Å². The summed E-state index contributed by atoms with van der Waals surface area (Å²) in [6.45, 7) is 1.92. The Morgan fingerprint density at radius 1 is 1.62 bits per heavy atom. The van der Waals surface area contributed by atoms with E-state index in [0.29, 0.717) is 0 Å². The first-order valence-electron chi connectivity index (χ1n) is 2.52. The van der Waals surface area contributed by atoms with Gasteiger partial charge in [-0.05, 0) is 0 Å². The molecular formula is C6H10BN. The molecule has 0 aromatic carbocycles. The fourth-order valence-corrected chi connectivity index (χ4v) is 0.384. The van der Waals surface area contributed by atoms with Gasteiger partial charge in [-0.1, -0.05) is 0 Å². The summed E-state index contributed by atoms with van der Waals surface area (Å²) in [5.74, 6) is 1.66. The predicted molar refractivity (Wildman–Crippen MR) is 40.3 cm³/mol. The molecule has 0 saturated heterocycles. The number of hydrogen-bond acceptors (Lipinski definition) is 1. The molecule has 2 N–H and O–H groups in total. The van der Waals surface area contributed by atoms with Crippen LogP contribution in [0.4, 0.5) is 0 Å². The van der Waals surface area contributed by atoms with Gasteiger partial charge in [-0.15, -0.1) is 0 Å². The standard InChI is InChI=1S/C6H10BN/c1-2-3-6(8)4-5-7/h2-5,7H,8H2,1H3/b3-2-,6-4+. The minimum atomic E-state index is 0.738. The molecule has 0 amide bonds. The molecule has 0 radical (unpaired) electrons. The minimum absolute atomic E-state index is 0.738. The quantitative estimate of drug-likeness (QED) is 0.393. The van der Waals surface area contributed by atoms with Crippen molar-refractivity contribution in [1.82, 2.24) is 0 Å². The summed E-state index contributed by atoms with van der Waals surface area (Å²) in [5, 5.41) is 0. The molecule has 0 heterocycles. The summed E-state index contributed by atoms with van der Waals surface area (Å²) in [4.78, 5) is 0. The van der Waals surface area contributed by atoms with Crippen molar-refractivity contribution in [3.05, 3.63) is 23.9 Å². The van der Waals surface area contributed by atoms with Gasteiger partial charge in [-0.3, -0.25) is 0 Å². The number of allylic oxidation sites excluding steroid dienone is 3. The van der Waals surface area contributed by atoms with Crippen molar-refractivity contribution >= 4 is 13.5 Å². The van der Waals surface area contributed by atoms with Gasteiger partial charge in [0, 0.05) is 0 Å². The van der Waals surface area contributed by atoms with Crippen LogP contribution in [0.2, 0.25) is 0 Å². The summed E-state index contributed by atoms with van der Waals surface area (Å²) in [7, 11) is 3.49. The zero-order valence-electron chi connectivity index (χ0n) is 5.09. The maximum absolute atomic E-state index is 5.40. The molecule has 0 aliphatic carbocycles. The first-order chi connectivity index (χ1) is 3.81. The van der Waals surface area contributed by atoms with E-state index in [4.69, 9.17) is 5.73 Å². The fourth-order valence-electron chi connectivity index (χ4n) is 0.384. The van der Waals surface area contributed by atoms with Crippen LogP contribution in [0.25, 0.3) is 0 Å². The van der Waals surface area contributed by atoms with Crippen LogP contribution >= 0.6 is 0 Å². The molecule has 0 saturated carbocycles. The van der Waals surface area contributed by atoms with Crippen molar-refractivity contribution in [2.24, 2.45) is 5.73 Å². The number of nitrogens with two attached hydrogens (primary N) is 1. The van der Waals surface area contributed by atoms with Gasteiger partial charge < -0.3 is 0 Å². The van der Waals surface area contributed by atoms with Crippen LogP contribution in [-0.4, -0.2) is 13.5 Å². The SMILES string of the molecule is B=C/C=C(N)\C=C/C. The van der Waals surface area contributed by atoms with E-state index >= 15 is 0 Å². The van der Waals surface area contributed by atoms with Gasteiger partial charge in [0.1, 0.15) is 0 Å². The van der Waals surface area contributed by atoms with Crippen molar-refractivity contribution in [2.45, 2.75) is 6.92 Å². The van der Waals surface area contributed by atoms with Gasteiger partial charge in [0.05, 0.1) is 0 Å². The third kappa shape index (κ3) is 3.41. The van der Waals surface area contributed by atoms with Gasteiger partial charge in [0.2, 0.25) is 0 Å². The second-order valence-electron chi connectivity index (χ2n) is 1.40. The van der Waals surface area contributed by atoms with Gasteiger partial charge in [0.25, 0.3) is 0 Å².